The number of hydrazine groups is 1. The average Bonchev–Trinajstić information content (AvgIpc) is 2.86. The summed E-state index contributed by atoms with van der Waals surface area (Å²) in [5.41, 5.74) is 1.79. The van der Waals surface area contributed by atoms with Crippen LogP contribution in [-0.2, 0) is 4.79 Å². The van der Waals surface area contributed by atoms with Gasteiger partial charge >= 0.3 is 6.03 Å². The quantitative estimate of drug-likeness (QED) is 0.770. The number of imide groups is 1. The van der Waals surface area contributed by atoms with E-state index in [4.69, 9.17) is 9.47 Å². The molecule has 1 aromatic rings. The Labute approximate surface area is 158 Å². The van der Waals surface area contributed by atoms with Crippen LogP contribution in [0.2, 0.25) is 0 Å². The molecular weight excluding hydrogens is 350 g/mol. The van der Waals surface area contributed by atoms with E-state index in [-0.39, 0.29) is 11.7 Å². The molecule has 4 amide bonds. The largest absolute Gasteiger partial charge is 0.493 e. The number of amides is 4. The van der Waals surface area contributed by atoms with Crippen LogP contribution in [0.25, 0.3) is 0 Å². The summed E-state index contributed by atoms with van der Waals surface area (Å²) < 4.78 is 10.9. The molecule has 1 aliphatic carbocycles. The molecule has 0 radical (unpaired) electrons. The van der Waals surface area contributed by atoms with E-state index in [2.05, 4.69) is 10.7 Å². The monoisotopic (exact) mass is 375 g/mol. The number of hydrogen-bond donors (Lipinski definition) is 2. The van der Waals surface area contributed by atoms with E-state index in [9.17, 15) is 14.4 Å². The molecule has 8 nitrogen and oxygen atoms in total. The minimum absolute atomic E-state index is 0.0452. The van der Waals surface area contributed by atoms with E-state index >= 15 is 0 Å². The van der Waals surface area contributed by atoms with Gasteiger partial charge in [0.2, 0.25) is 0 Å². The van der Waals surface area contributed by atoms with Gasteiger partial charge in [0, 0.05) is 5.56 Å². The molecule has 2 N–H and O–H groups in total. The molecule has 1 saturated carbocycles. The lowest BCUT2D eigenvalue weighted by Gasteiger charge is -2.30. The maximum Gasteiger partial charge on any atom is 0.344 e. The highest BCUT2D eigenvalue weighted by Gasteiger charge is 2.52. The molecule has 0 bridgehead atoms. The molecule has 0 unspecified atom stereocenters. The first-order chi connectivity index (χ1) is 12.9. The van der Waals surface area contributed by atoms with Crippen molar-refractivity contribution in [3.05, 3.63) is 23.8 Å². The van der Waals surface area contributed by atoms with E-state index in [1.165, 1.54) is 13.2 Å². The van der Waals surface area contributed by atoms with Gasteiger partial charge < -0.3 is 14.8 Å². The predicted octanol–water partition coefficient (Wildman–Crippen LogP) is 2.38. The van der Waals surface area contributed by atoms with Crippen molar-refractivity contribution >= 4 is 17.8 Å². The summed E-state index contributed by atoms with van der Waals surface area (Å²) in [6.45, 7) is 3.78. The normalized spacial score (nSPS) is 18.6. The molecular formula is C19H25N3O5. The van der Waals surface area contributed by atoms with Crippen LogP contribution >= 0.6 is 0 Å². The number of urea groups is 1. The van der Waals surface area contributed by atoms with E-state index in [0.717, 1.165) is 24.3 Å². The van der Waals surface area contributed by atoms with Gasteiger partial charge in [-0.25, -0.2) is 4.79 Å². The van der Waals surface area contributed by atoms with Crippen molar-refractivity contribution < 1.29 is 23.9 Å². The second-order valence-electron chi connectivity index (χ2n) is 7.19. The molecule has 3 rings (SSSR count). The van der Waals surface area contributed by atoms with Gasteiger partial charge in [-0.05, 0) is 44.9 Å². The van der Waals surface area contributed by atoms with Gasteiger partial charge in [-0.1, -0.05) is 19.3 Å². The Morgan fingerprint density at radius 1 is 1.19 bits per heavy atom. The lowest BCUT2D eigenvalue weighted by molar-refractivity contribution is -0.134. The Kier molecular flexibility index (Phi) is 5.25. The minimum Gasteiger partial charge on any atom is -0.493 e. The van der Waals surface area contributed by atoms with Gasteiger partial charge in [-0.2, -0.15) is 5.01 Å². The number of carbonyl (C=O) groups is 3. The molecule has 1 aromatic carbocycles. The Hall–Kier alpha value is -2.77. The summed E-state index contributed by atoms with van der Waals surface area (Å²) in [6, 6.07) is 4.11. The Morgan fingerprint density at radius 3 is 2.52 bits per heavy atom. The zero-order chi connectivity index (χ0) is 19.6. The number of nitrogens with one attached hydrogen (secondary N) is 2. The molecule has 0 aromatic heterocycles. The SMILES string of the molecule is COc1cc(C(=O)NN2C(=O)NC3(CCCCC3)C2=O)ccc1OC(C)C. The van der Waals surface area contributed by atoms with E-state index in [0.29, 0.717) is 24.3 Å². The molecule has 8 heteroatoms. The molecule has 1 saturated heterocycles. The van der Waals surface area contributed by atoms with Crippen LogP contribution in [0.4, 0.5) is 4.79 Å². The average molecular weight is 375 g/mol. The predicted molar refractivity (Wildman–Crippen MR) is 97.4 cm³/mol. The smallest absolute Gasteiger partial charge is 0.344 e. The van der Waals surface area contributed by atoms with Crippen LogP contribution in [0.15, 0.2) is 18.2 Å². The topological polar surface area (TPSA) is 97.0 Å². The Balaban J connectivity index is 1.75. The lowest BCUT2D eigenvalue weighted by atomic mass is 9.82. The highest BCUT2D eigenvalue weighted by molar-refractivity contribution is 6.09. The zero-order valence-corrected chi connectivity index (χ0v) is 15.8. The van der Waals surface area contributed by atoms with Gasteiger partial charge in [-0.3, -0.25) is 15.0 Å². The molecule has 146 valence electrons. The van der Waals surface area contributed by atoms with Gasteiger partial charge in [0.15, 0.2) is 11.5 Å². The Morgan fingerprint density at radius 2 is 1.89 bits per heavy atom. The third-order valence-electron chi connectivity index (χ3n) is 4.87. The van der Waals surface area contributed by atoms with Crippen LogP contribution in [-0.4, -0.2) is 41.6 Å². The summed E-state index contributed by atoms with van der Waals surface area (Å²) in [5, 5.41) is 3.55. The molecule has 2 aliphatic rings. The number of methoxy groups -OCH3 is 1. The van der Waals surface area contributed by atoms with Crippen molar-refractivity contribution in [3.63, 3.8) is 0 Å². The maximum absolute atomic E-state index is 12.7. The van der Waals surface area contributed by atoms with Crippen LogP contribution in [0, 0.1) is 0 Å². The summed E-state index contributed by atoms with van der Waals surface area (Å²) >= 11 is 0. The molecule has 2 fully saturated rings. The highest BCUT2D eigenvalue weighted by atomic mass is 16.5. The summed E-state index contributed by atoms with van der Waals surface area (Å²) in [7, 11) is 1.48. The standard InChI is InChI=1S/C19H25N3O5/c1-12(2)27-14-8-7-13(11-15(14)26-3)16(23)21-22-17(24)19(20-18(22)25)9-5-4-6-10-19/h7-8,11-12H,4-6,9-10H2,1-3H3,(H,20,25)(H,21,23). The zero-order valence-electron chi connectivity index (χ0n) is 15.8. The van der Waals surface area contributed by atoms with Crippen LogP contribution in [0.3, 0.4) is 0 Å². The number of carbonyl (C=O) groups excluding carboxylic acids is 3. The van der Waals surface area contributed by atoms with Crippen LogP contribution in [0.5, 0.6) is 11.5 Å². The van der Waals surface area contributed by atoms with Crippen molar-refractivity contribution in [1.82, 2.24) is 15.8 Å². The number of nitrogens with zero attached hydrogens (tertiary/aromatic N) is 1. The van der Waals surface area contributed by atoms with Gasteiger partial charge in [0.05, 0.1) is 13.2 Å². The third-order valence-corrected chi connectivity index (χ3v) is 4.87. The fourth-order valence-corrected chi connectivity index (χ4v) is 3.54. The second-order valence-corrected chi connectivity index (χ2v) is 7.19. The fraction of sp³-hybridized carbons (Fsp3) is 0.526. The fourth-order valence-electron chi connectivity index (χ4n) is 3.54. The van der Waals surface area contributed by atoms with Gasteiger partial charge in [0.25, 0.3) is 11.8 Å². The summed E-state index contributed by atoms with van der Waals surface area (Å²) in [4.78, 5) is 37.6. The van der Waals surface area contributed by atoms with Crippen LogP contribution < -0.4 is 20.2 Å². The molecule has 27 heavy (non-hydrogen) atoms. The summed E-state index contributed by atoms with van der Waals surface area (Å²) in [5.74, 6) is -0.0504. The van der Waals surface area contributed by atoms with E-state index in [1.54, 1.807) is 12.1 Å². The van der Waals surface area contributed by atoms with Gasteiger partial charge in [-0.15, -0.1) is 0 Å². The molecule has 1 heterocycles. The first kappa shape index (κ1) is 19.0. The van der Waals surface area contributed by atoms with Crippen LogP contribution in [0.1, 0.15) is 56.3 Å². The van der Waals surface area contributed by atoms with Crippen molar-refractivity contribution in [1.29, 1.82) is 0 Å². The number of benzene rings is 1. The van der Waals surface area contributed by atoms with Gasteiger partial charge in [0.1, 0.15) is 5.54 Å². The maximum atomic E-state index is 12.7. The minimum atomic E-state index is -0.880. The first-order valence-electron chi connectivity index (χ1n) is 9.19. The van der Waals surface area contributed by atoms with E-state index < -0.39 is 23.4 Å². The molecule has 1 aliphatic heterocycles. The van der Waals surface area contributed by atoms with Crippen molar-refractivity contribution in [2.45, 2.75) is 57.6 Å². The van der Waals surface area contributed by atoms with Crippen molar-refractivity contribution in [2.24, 2.45) is 0 Å². The van der Waals surface area contributed by atoms with Crippen molar-refractivity contribution in [2.75, 3.05) is 7.11 Å². The molecule has 0 atom stereocenters. The van der Waals surface area contributed by atoms with Crippen molar-refractivity contribution in [3.8, 4) is 11.5 Å². The van der Waals surface area contributed by atoms with E-state index in [1.807, 2.05) is 13.8 Å². The Bertz CT molecular complexity index is 756. The molecule has 1 spiro atoms. The number of rotatable bonds is 5. The number of hydrogen-bond acceptors (Lipinski definition) is 5. The lowest BCUT2D eigenvalue weighted by Crippen LogP contribution is -2.50. The number of ether oxygens (including phenoxy) is 2. The highest BCUT2D eigenvalue weighted by Crippen LogP contribution is 2.33. The summed E-state index contributed by atoms with van der Waals surface area (Å²) in [6.07, 6.45) is 3.95. The third kappa shape index (κ3) is 3.70. The first-order valence-corrected chi connectivity index (χ1v) is 9.19. The second kappa shape index (κ2) is 7.46.